The van der Waals surface area contributed by atoms with Gasteiger partial charge in [-0.05, 0) is 19.1 Å². The minimum absolute atomic E-state index is 0.403. The molecule has 11 heteroatoms. The molecule has 136 valence electrons. The van der Waals surface area contributed by atoms with Crippen molar-refractivity contribution >= 4 is 17.5 Å². The molecule has 0 unspecified atom stereocenters. The van der Waals surface area contributed by atoms with Crippen LogP contribution in [0.5, 0.6) is 0 Å². The van der Waals surface area contributed by atoms with E-state index >= 15 is 0 Å². The number of aliphatic hydroxyl groups excluding tert-OH is 1. The van der Waals surface area contributed by atoms with Gasteiger partial charge in [-0.3, -0.25) is 0 Å². The van der Waals surface area contributed by atoms with Crippen LogP contribution in [0.2, 0.25) is 0 Å². The zero-order chi connectivity index (χ0) is 18.8. The highest BCUT2D eigenvalue weighted by Crippen LogP contribution is 2.31. The van der Waals surface area contributed by atoms with E-state index in [0.717, 1.165) is 6.07 Å². The summed E-state index contributed by atoms with van der Waals surface area (Å²) < 4.78 is 78.6. The van der Waals surface area contributed by atoms with E-state index in [0.29, 0.717) is 12.1 Å². The largest absolute Gasteiger partial charge is 0.433 e. The molecule has 0 amide bonds. The van der Waals surface area contributed by atoms with Crippen LogP contribution in [0.3, 0.4) is 0 Å². The Morgan fingerprint density at radius 1 is 1.12 bits per heavy atom. The van der Waals surface area contributed by atoms with Gasteiger partial charge in [0.15, 0.2) is 23.1 Å². The molecule has 1 aromatic heterocycles. The summed E-state index contributed by atoms with van der Waals surface area (Å²) in [5.74, 6) is -5.81. The molecule has 0 saturated heterocycles. The second-order valence-corrected chi connectivity index (χ2v) is 5.04. The third-order valence-electron chi connectivity index (χ3n) is 2.96. The summed E-state index contributed by atoms with van der Waals surface area (Å²) in [6.45, 7) is 1.06. The van der Waals surface area contributed by atoms with Crippen molar-refractivity contribution in [2.75, 3.05) is 17.2 Å². The number of nitrogens with zero attached hydrogens (tertiary/aromatic N) is 2. The molecule has 1 atom stereocenters. The Morgan fingerprint density at radius 3 is 2.40 bits per heavy atom. The van der Waals surface area contributed by atoms with E-state index in [1.165, 1.54) is 6.92 Å². The predicted molar refractivity (Wildman–Crippen MR) is 76.8 cm³/mol. The monoisotopic (exact) mass is 366 g/mol. The van der Waals surface area contributed by atoms with Gasteiger partial charge in [0.1, 0.15) is 5.82 Å². The summed E-state index contributed by atoms with van der Waals surface area (Å²) in [4.78, 5) is 6.96. The molecular formula is C14H12F6N4O. The van der Waals surface area contributed by atoms with Crippen LogP contribution in [0.15, 0.2) is 18.2 Å². The van der Waals surface area contributed by atoms with E-state index in [2.05, 4.69) is 20.6 Å². The van der Waals surface area contributed by atoms with Gasteiger partial charge in [0.2, 0.25) is 5.95 Å². The number of aromatic nitrogens is 2. The number of anilines is 3. The molecule has 5 nitrogen and oxygen atoms in total. The van der Waals surface area contributed by atoms with Crippen LogP contribution in [0.25, 0.3) is 0 Å². The van der Waals surface area contributed by atoms with E-state index in [9.17, 15) is 26.3 Å². The fourth-order valence-electron chi connectivity index (χ4n) is 1.75. The summed E-state index contributed by atoms with van der Waals surface area (Å²) in [6.07, 6.45) is -4.83. The van der Waals surface area contributed by atoms with Crippen molar-refractivity contribution in [2.24, 2.45) is 0 Å². The van der Waals surface area contributed by atoms with Crippen LogP contribution >= 0.6 is 0 Å². The molecule has 0 bridgehead atoms. The first-order valence-electron chi connectivity index (χ1n) is 6.86. The lowest BCUT2D eigenvalue weighted by molar-refractivity contribution is -0.141. The number of hydrogen-bond donors (Lipinski definition) is 3. The van der Waals surface area contributed by atoms with Crippen LogP contribution in [-0.4, -0.2) is 27.7 Å². The van der Waals surface area contributed by atoms with Gasteiger partial charge < -0.3 is 15.7 Å². The molecule has 0 fully saturated rings. The van der Waals surface area contributed by atoms with Crippen molar-refractivity contribution in [3.8, 4) is 0 Å². The molecule has 0 radical (unpaired) electrons. The molecule has 3 N–H and O–H groups in total. The molecule has 1 aromatic carbocycles. The van der Waals surface area contributed by atoms with Crippen LogP contribution in [0.1, 0.15) is 12.6 Å². The van der Waals surface area contributed by atoms with Gasteiger partial charge in [0, 0.05) is 12.1 Å². The first kappa shape index (κ1) is 18.8. The molecule has 0 saturated carbocycles. The number of benzene rings is 1. The third-order valence-corrected chi connectivity index (χ3v) is 2.96. The predicted octanol–water partition coefficient (Wildman–Crippen LogP) is 3.45. The lowest BCUT2D eigenvalue weighted by Gasteiger charge is -2.15. The summed E-state index contributed by atoms with van der Waals surface area (Å²) in [5, 5.41) is 13.5. The number of alkyl halides is 3. The van der Waals surface area contributed by atoms with Crippen molar-refractivity contribution in [1.29, 1.82) is 0 Å². The van der Waals surface area contributed by atoms with Crippen molar-refractivity contribution in [3.05, 3.63) is 41.3 Å². The zero-order valence-electron chi connectivity index (χ0n) is 12.6. The topological polar surface area (TPSA) is 70.1 Å². The molecule has 0 aliphatic carbocycles. The smallest absolute Gasteiger partial charge is 0.394 e. The maximum absolute atomic E-state index is 13.7. The quantitative estimate of drug-likeness (QED) is 0.559. The molecule has 0 aliphatic heterocycles. The minimum Gasteiger partial charge on any atom is -0.394 e. The molecule has 2 rings (SSSR count). The third kappa shape index (κ3) is 4.50. The van der Waals surface area contributed by atoms with Crippen LogP contribution < -0.4 is 10.6 Å². The van der Waals surface area contributed by atoms with Gasteiger partial charge in [0.05, 0.1) is 12.3 Å². The van der Waals surface area contributed by atoms with Crippen LogP contribution in [-0.2, 0) is 6.18 Å². The maximum Gasteiger partial charge on any atom is 0.433 e. The van der Waals surface area contributed by atoms with Gasteiger partial charge in [0.25, 0.3) is 0 Å². The Hall–Kier alpha value is -2.56. The highest BCUT2D eigenvalue weighted by molar-refractivity contribution is 5.58. The highest BCUT2D eigenvalue weighted by atomic mass is 19.4. The summed E-state index contributed by atoms with van der Waals surface area (Å²) in [6, 6.07) is 1.25. The van der Waals surface area contributed by atoms with Crippen molar-refractivity contribution in [2.45, 2.75) is 19.1 Å². The zero-order valence-corrected chi connectivity index (χ0v) is 12.6. The van der Waals surface area contributed by atoms with Crippen molar-refractivity contribution in [1.82, 2.24) is 9.97 Å². The standard InChI is InChI=1S/C14H12F6N4O/c1-6(5-25)21-13-23-9(14(18,19)20)4-10(24-13)22-8-3-2-7(15)11(16)12(8)17/h2-4,6,25H,5H2,1H3,(H2,21,22,23,24)/t6-/m1/s1. The van der Waals surface area contributed by atoms with E-state index in [-0.39, 0.29) is 0 Å². The first-order chi connectivity index (χ1) is 11.6. The SMILES string of the molecule is C[C@H](CO)Nc1nc(Nc2ccc(F)c(F)c2F)cc(C(F)(F)F)n1. The Labute approximate surface area is 137 Å². The summed E-state index contributed by atoms with van der Waals surface area (Å²) >= 11 is 0. The van der Waals surface area contributed by atoms with E-state index in [4.69, 9.17) is 5.11 Å². The van der Waals surface area contributed by atoms with E-state index in [1.54, 1.807) is 0 Å². The maximum atomic E-state index is 13.7. The van der Waals surface area contributed by atoms with Crippen molar-refractivity contribution in [3.63, 3.8) is 0 Å². The van der Waals surface area contributed by atoms with Gasteiger partial charge in [-0.25, -0.2) is 18.2 Å². The van der Waals surface area contributed by atoms with Crippen LogP contribution in [0, 0.1) is 17.5 Å². The van der Waals surface area contributed by atoms with Crippen molar-refractivity contribution < 1.29 is 31.4 Å². The van der Waals surface area contributed by atoms with Crippen LogP contribution in [0.4, 0.5) is 43.8 Å². The van der Waals surface area contributed by atoms with Gasteiger partial charge in [-0.2, -0.15) is 18.2 Å². The van der Waals surface area contributed by atoms with E-state index in [1.807, 2.05) is 0 Å². The minimum atomic E-state index is -4.83. The van der Waals surface area contributed by atoms with E-state index < -0.39 is 59.4 Å². The number of aliphatic hydroxyl groups is 1. The summed E-state index contributed by atoms with van der Waals surface area (Å²) in [5.41, 5.74) is -1.95. The number of nitrogens with one attached hydrogen (secondary N) is 2. The second-order valence-electron chi connectivity index (χ2n) is 5.04. The van der Waals surface area contributed by atoms with Gasteiger partial charge >= 0.3 is 6.18 Å². The molecule has 0 aliphatic rings. The normalized spacial score (nSPS) is 12.8. The molecule has 2 aromatic rings. The summed E-state index contributed by atoms with van der Waals surface area (Å²) in [7, 11) is 0. The lowest BCUT2D eigenvalue weighted by Crippen LogP contribution is -2.22. The average molecular weight is 366 g/mol. The van der Waals surface area contributed by atoms with Gasteiger partial charge in [-0.15, -0.1) is 0 Å². The highest BCUT2D eigenvalue weighted by Gasteiger charge is 2.34. The lowest BCUT2D eigenvalue weighted by atomic mass is 10.2. The first-order valence-corrected chi connectivity index (χ1v) is 6.86. The Kier molecular flexibility index (Phi) is 5.36. The second kappa shape index (κ2) is 7.13. The Balaban J connectivity index is 2.42. The number of rotatable bonds is 5. The fraction of sp³-hybridized carbons (Fsp3) is 0.286. The molecular weight excluding hydrogens is 354 g/mol. The molecule has 25 heavy (non-hydrogen) atoms. The fourth-order valence-corrected chi connectivity index (χ4v) is 1.75. The molecule has 1 heterocycles. The number of hydrogen-bond acceptors (Lipinski definition) is 5. The average Bonchev–Trinajstić information content (AvgIpc) is 2.54. The Bertz CT molecular complexity index is 768. The Morgan fingerprint density at radius 2 is 1.80 bits per heavy atom. The number of halogens is 6. The molecule has 0 spiro atoms. The van der Waals surface area contributed by atoms with Gasteiger partial charge in [-0.1, -0.05) is 0 Å².